The van der Waals surface area contributed by atoms with Gasteiger partial charge in [-0.25, -0.2) is 0 Å². The minimum Gasteiger partial charge on any atom is -0.152 e. The molecule has 0 amide bonds. The van der Waals surface area contributed by atoms with Crippen molar-refractivity contribution in [1.29, 1.82) is 0 Å². The molecule has 0 unspecified atom stereocenters. The SMILES string of the molecule is Cc1cccc(C)c1-[n+]1c(-c2ccccc2)cc(-c2ccccc2)cc1-c1ccccc1. The molecule has 0 atom stereocenters. The Kier molecular flexibility index (Phi) is 5.39. The van der Waals surface area contributed by atoms with Gasteiger partial charge in [-0.15, -0.1) is 0 Å². The van der Waals surface area contributed by atoms with E-state index in [1.165, 1.54) is 50.5 Å². The molecule has 1 aromatic heterocycles. The summed E-state index contributed by atoms with van der Waals surface area (Å²) < 4.78 is 2.43. The van der Waals surface area contributed by atoms with Crippen LogP contribution in [0.5, 0.6) is 0 Å². The van der Waals surface area contributed by atoms with Crippen LogP contribution in [0.15, 0.2) is 121 Å². The Bertz CT molecular complexity index is 1270. The Morgan fingerprint density at radius 1 is 0.406 bits per heavy atom. The van der Waals surface area contributed by atoms with Crippen molar-refractivity contribution in [2.24, 2.45) is 0 Å². The van der Waals surface area contributed by atoms with Crippen molar-refractivity contribution in [2.75, 3.05) is 0 Å². The minimum absolute atomic E-state index is 1.18. The number of nitrogens with zero attached hydrogens (tertiary/aromatic N) is 1. The van der Waals surface area contributed by atoms with Gasteiger partial charge in [-0.05, 0) is 49.2 Å². The van der Waals surface area contributed by atoms with Crippen LogP contribution in [0.2, 0.25) is 0 Å². The quantitative estimate of drug-likeness (QED) is 0.268. The molecule has 32 heavy (non-hydrogen) atoms. The van der Waals surface area contributed by atoms with Crippen LogP contribution in [-0.4, -0.2) is 0 Å². The summed E-state index contributed by atoms with van der Waals surface area (Å²) in [4.78, 5) is 0. The molecule has 1 heterocycles. The van der Waals surface area contributed by atoms with Crippen molar-refractivity contribution in [3.8, 4) is 39.3 Å². The van der Waals surface area contributed by atoms with Gasteiger partial charge in [0.25, 0.3) is 0 Å². The normalized spacial score (nSPS) is 10.8. The number of aryl methyl sites for hydroxylation is 2. The van der Waals surface area contributed by atoms with Gasteiger partial charge in [0.05, 0.1) is 0 Å². The number of benzene rings is 4. The molecular weight excluding hydrogens is 386 g/mol. The van der Waals surface area contributed by atoms with Crippen molar-refractivity contribution in [1.82, 2.24) is 0 Å². The van der Waals surface area contributed by atoms with E-state index in [4.69, 9.17) is 0 Å². The lowest BCUT2D eigenvalue weighted by molar-refractivity contribution is -0.572. The number of rotatable bonds is 4. The Morgan fingerprint density at radius 3 is 1.25 bits per heavy atom. The highest BCUT2D eigenvalue weighted by Gasteiger charge is 2.27. The summed E-state index contributed by atoms with van der Waals surface area (Å²) in [6.07, 6.45) is 0. The van der Waals surface area contributed by atoms with Crippen LogP contribution in [-0.2, 0) is 0 Å². The number of pyridine rings is 1. The topological polar surface area (TPSA) is 3.88 Å². The second-order valence-corrected chi connectivity index (χ2v) is 8.19. The van der Waals surface area contributed by atoms with Crippen molar-refractivity contribution in [2.45, 2.75) is 13.8 Å². The first-order valence-electron chi connectivity index (χ1n) is 11.1. The second-order valence-electron chi connectivity index (χ2n) is 8.19. The Hall–Kier alpha value is -3.97. The van der Waals surface area contributed by atoms with Gasteiger partial charge in [0.2, 0.25) is 17.1 Å². The van der Waals surface area contributed by atoms with E-state index >= 15 is 0 Å². The summed E-state index contributed by atoms with van der Waals surface area (Å²) in [5, 5.41) is 0. The molecular formula is C31H26N+. The van der Waals surface area contributed by atoms with Crippen LogP contribution >= 0.6 is 0 Å². The molecule has 0 radical (unpaired) electrons. The van der Waals surface area contributed by atoms with Crippen LogP contribution in [0.1, 0.15) is 11.1 Å². The molecule has 5 rings (SSSR count). The fourth-order valence-corrected chi connectivity index (χ4v) is 4.43. The van der Waals surface area contributed by atoms with E-state index in [0.29, 0.717) is 0 Å². The molecule has 0 bridgehead atoms. The Morgan fingerprint density at radius 2 is 0.812 bits per heavy atom. The first kappa shape index (κ1) is 20.0. The highest BCUT2D eigenvalue weighted by molar-refractivity contribution is 5.74. The fraction of sp³-hybridized carbons (Fsp3) is 0.0645. The molecule has 0 N–H and O–H groups in total. The van der Waals surface area contributed by atoms with Gasteiger partial charge in [0.1, 0.15) is 0 Å². The molecule has 0 aliphatic heterocycles. The van der Waals surface area contributed by atoms with Crippen molar-refractivity contribution < 1.29 is 4.57 Å². The van der Waals surface area contributed by atoms with Crippen LogP contribution in [0.25, 0.3) is 39.3 Å². The van der Waals surface area contributed by atoms with Gasteiger partial charge in [0, 0.05) is 34.4 Å². The number of aromatic nitrogens is 1. The lowest BCUT2D eigenvalue weighted by Gasteiger charge is -2.15. The summed E-state index contributed by atoms with van der Waals surface area (Å²) in [5.41, 5.74) is 11.0. The summed E-state index contributed by atoms with van der Waals surface area (Å²) in [7, 11) is 0. The first-order chi connectivity index (χ1) is 15.7. The Labute approximate surface area is 190 Å². The minimum atomic E-state index is 1.18. The fourth-order valence-electron chi connectivity index (χ4n) is 4.43. The average Bonchev–Trinajstić information content (AvgIpc) is 2.85. The maximum Gasteiger partial charge on any atom is 0.219 e. The summed E-state index contributed by atoms with van der Waals surface area (Å²) >= 11 is 0. The molecule has 0 aliphatic carbocycles. The van der Waals surface area contributed by atoms with Crippen LogP contribution in [0.4, 0.5) is 0 Å². The zero-order valence-corrected chi connectivity index (χ0v) is 18.5. The maximum atomic E-state index is 2.43. The van der Waals surface area contributed by atoms with Crippen LogP contribution in [0.3, 0.4) is 0 Å². The molecule has 0 aliphatic rings. The van der Waals surface area contributed by atoms with Crippen molar-refractivity contribution in [3.63, 3.8) is 0 Å². The van der Waals surface area contributed by atoms with Gasteiger partial charge in [-0.1, -0.05) is 84.9 Å². The van der Waals surface area contributed by atoms with E-state index in [1.807, 2.05) is 0 Å². The lowest BCUT2D eigenvalue weighted by Crippen LogP contribution is -2.38. The predicted molar refractivity (Wildman–Crippen MR) is 134 cm³/mol. The molecule has 0 fully saturated rings. The van der Waals surface area contributed by atoms with E-state index in [0.717, 1.165) is 0 Å². The van der Waals surface area contributed by atoms with Gasteiger partial charge >= 0.3 is 0 Å². The molecule has 4 aromatic carbocycles. The monoisotopic (exact) mass is 412 g/mol. The third-order valence-corrected chi connectivity index (χ3v) is 5.98. The molecule has 0 saturated heterocycles. The Balaban J connectivity index is 1.93. The second kappa shape index (κ2) is 8.64. The van der Waals surface area contributed by atoms with Crippen LogP contribution in [0, 0.1) is 13.8 Å². The highest BCUT2D eigenvalue weighted by Crippen LogP contribution is 2.31. The third kappa shape index (κ3) is 3.74. The van der Waals surface area contributed by atoms with Gasteiger partial charge in [-0.3, -0.25) is 0 Å². The van der Waals surface area contributed by atoms with E-state index in [2.05, 4.69) is 140 Å². The van der Waals surface area contributed by atoms with E-state index in [1.54, 1.807) is 0 Å². The smallest absolute Gasteiger partial charge is 0.152 e. The highest BCUT2D eigenvalue weighted by atomic mass is 15.0. The number of hydrogen-bond acceptors (Lipinski definition) is 0. The molecule has 154 valence electrons. The van der Waals surface area contributed by atoms with E-state index in [-0.39, 0.29) is 0 Å². The van der Waals surface area contributed by atoms with Crippen molar-refractivity contribution in [3.05, 3.63) is 132 Å². The molecule has 1 nitrogen and oxygen atoms in total. The molecule has 1 heteroatoms. The number of hydrogen-bond donors (Lipinski definition) is 0. The number of para-hydroxylation sites is 1. The zero-order valence-electron chi connectivity index (χ0n) is 18.5. The summed E-state index contributed by atoms with van der Waals surface area (Å²) in [5.74, 6) is 0. The standard InChI is InChI=1S/C31H26N/c1-23-13-12-14-24(2)31(23)32-29(26-17-8-4-9-18-26)21-28(25-15-6-3-7-16-25)22-30(32)27-19-10-5-11-20-27/h3-22H,1-2H3/q+1. The summed E-state index contributed by atoms with van der Waals surface area (Å²) in [6, 6.07) is 43.2. The van der Waals surface area contributed by atoms with Gasteiger partial charge in [0.15, 0.2) is 0 Å². The first-order valence-corrected chi connectivity index (χ1v) is 11.1. The van der Waals surface area contributed by atoms with E-state index in [9.17, 15) is 0 Å². The molecule has 5 aromatic rings. The van der Waals surface area contributed by atoms with Gasteiger partial charge in [-0.2, -0.15) is 4.57 Å². The van der Waals surface area contributed by atoms with E-state index < -0.39 is 0 Å². The maximum absolute atomic E-state index is 2.43. The largest absolute Gasteiger partial charge is 0.219 e. The summed E-state index contributed by atoms with van der Waals surface area (Å²) in [6.45, 7) is 4.40. The molecule has 0 spiro atoms. The third-order valence-electron chi connectivity index (χ3n) is 5.98. The molecule has 0 saturated carbocycles. The lowest BCUT2D eigenvalue weighted by atomic mass is 9.97. The van der Waals surface area contributed by atoms with Crippen LogP contribution < -0.4 is 4.57 Å². The zero-order chi connectivity index (χ0) is 21.9. The average molecular weight is 413 g/mol. The predicted octanol–water partition coefficient (Wildman–Crippen LogP) is 7.58. The van der Waals surface area contributed by atoms with Crippen molar-refractivity contribution >= 4 is 0 Å². The van der Waals surface area contributed by atoms with Gasteiger partial charge < -0.3 is 0 Å².